The van der Waals surface area contributed by atoms with Gasteiger partial charge in [0.2, 0.25) is 5.91 Å². The Kier molecular flexibility index (Phi) is 5.02. The van der Waals surface area contributed by atoms with Gasteiger partial charge in [0.1, 0.15) is 5.60 Å². The first-order valence-corrected chi connectivity index (χ1v) is 6.99. The Hall–Kier alpha value is -1.30. The fraction of sp³-hybridized carbons (Fsp3) is 0.857. The standard InChI is InChI=1S/C14H26N2O4/c1-13(2,3)20-12(19)15-8-6-11(18)16-9-7-10(17)14(16,4)5/h10,17H,6-9H2,1-5H3,(H,15,19). The highest BCUT2D eigenvalue weighted by molar-refractivity contribution is 5.78. The maximum absolute atomic E-state index is 12.1. The minimum atomic E-state index is -0.546. The molecule has 116 valence electrons. The maximum atomic E-state index is 12.1. The summed E-state index contributed by atoms with van der Waals surface area (Å²) in [6, 6.07) is 0. The Bertz CT molecular complexity index is 374. The second-order valence-corrected chi connectivity index (χ2v) is 6.68. The van der Waals surface area contributed by atoms with E-state index in [-0.39, 0.29) is 18.9 Å². The van der Waals surface area contributed by atoms with E-state index >= 15 is 0 Å². The first kappa shape index (κ1) is 16.8. The Balaban J connectivity index is 2.36. The number of hydrogen-bond donors (Lipinski definition) is 2. The molecule has 1 unspecified atom stereocenters. The number of aliphatic hydroxyl groups excluding tert-OH is 1. The van der Waals surface area contributed by atoms with Crippen LogP contribution in [0.5, 0.6) is 0 Å². The minimum absolute atomic E-state index is 0.0670. The van der Waals surface area contributed by atoms with Crippen molar-refractivity contribution in [2.45, 2.75) is 64.7 Å². The van der Waals surface area contributed by atoms with Crippen LogP contribution in [0.1, 0.15) is 47.5 Å². The second-order valence-electron chi connectivity index (χ2n) is 6.68. The lowest BCUT2D eigenvalue weighted by atomic mass is 9.98. The van der Waals surface area contributed by atoms with E-state index < -0.39 is 23.3 Å². The fourth-order valence-electron chi connectivity index (χ4n) is 2.24. The zero-order valence-electron chi connectivity index (χ0n) is 13.0. The minimum Gasteiger partial charge on any atom is -0.444 e. The maximum Gasteiger partial charge on any atom is 0.407 e. The molecule has 0 radical (unpaired) electrons. The van der Waals surface area contributed by atoms with Crippen molar-refractivity contribution in [3.63, 3.8) is 0 Å². The highest BCUT2D eigenvalue weighted by Gasteiger charge is 2.42. The molecule has 0 aromatic heterocycles. The zero-order valence-corrected chi connectivity index (χ0v) is 13.0. The molecule has 0 bridgehead atoms. The van der Waals surface area contributed by atoms with Gasteiger partial charge in [0.15, 0.2) is 0 Å². The molecule has 1 saturated heterocycles. The van der Waals surface area contributed by atoms with Gasteiger partial charge in [-0.1, -0.05) is 0 Å². The van der Waals surface area contributed by atoms with Gasteiger partial charge in [0, 0.05) is 19.5 Å². The van der Waals surface area contributed by atoms with Gasteiger partial charge >= 0.3 is 6.09 Å². The molecule has 6 nitrogen and oxygen atoms in total. The fourth-order valence-corrected chi connectivity index (χ4v) is 2.24. The van der Waals surface area contributed by atoms with Crippen molar-refractivity contribution in [3.05, 3.63) is 0 Å². The molecule has 1 rings (SSSR count). The first-order valence-electron chi connectivity index (χ1n) is 6.99. The van der Waals surface area contributed by atoms with Crippen LogP contribution in [0.15, 0.2) is 0 Å². The molecule has 1 fully saturated rings. The van der Waals surface area contributed by atoms with E-state index in [1.54, 1.807) is 25.7 Å². The average Bonchev–Trinajstić information content (AvgIpc) is 2.51. The van der Waals surface area contributed by atoms with Gasteiger partial charge in [-0.25, -0.2) is 4.79 Å². The number of nitrogens with one attached hydrogen (secondary N) is 1. The summed E-state index contributed by atoms with van der Waals surface area (Å²) < 4.78 is 5.09. The molecular formula is C14H26N2O4. The van der Waals surface area contributed by atoms with Gasteiger partial charge in [-0.3, -0.25) is 4.79 Å². The summed E-state index contributed by atoms with van der Waals surface area (Å²) in [5.74, 6) is -0.0670. The lowest BCUT2D eigenvalue weighted by Crippen LogP contribution is -2.48. The second kappa shape index (κ2) is 5.99. The van der Waals surface area contributed by atoms with Crippen LogP contribution in [0, 0.1) is 0 Å². The normalized spacial score (nSPS) is 21.7. The number of nitrogens with zero attached hydrogens (tertiary/aromatic N) is 1. The monoisotopic (exact) mass is 286 g/mol. The molecule has 1 atom stereocenters. The van der Waals surface area contributed by atoms with Crippen LogP contribution in [0.25, 0.3) is 0 Å². The molecule has 6 heteroatoms. The highest BCUT2D eigenvalue weighted by Crippen LogP contribution is 2.29. The van der Waals surface area contributed by atoms with Gasteiger partial charge in [-0.15, -0.1) is 0 Å². The number of aliphatic hydroxyl groups is 1. The van der Waals surface area contributed by atoms with Gasteiger partial charge in [-0.2, -0.15) is 0 Å². The quantitative estimate of drug-likeness (QED) is 0.819. The molecule has 1 aliphatic rings. The third kappa shape index (κ3) is 4.37. The predicted octanol–water partition coefficient (Wildman–Crippen LogP) is 1.27. The summed E-state index contributed by atoms with van der Waals surface area (Å²) in [6.45, 7) is 9.84. The molecule has 2 amide bonds. The number of carbonyl (C=O) groups is 2. The summed E-state index contributed by atoms with van der Waals surface area (Å²) in [5.41, 5.74) is -1.09. The molecular weight excluding hydrogens is 260 g/mol. The number of alkyl carbamates (subject to hydrolysis) is 1. The van der Waals surface area contributed by atoms with E-state index in [4.69, 9.17) is 4.74 Å². The molecule has 0 saturated carbocycles. The molecule has 1 aliphatic heterocycles. The number of rotatable bonds is 3. The van der Waals surface area contributed by atoms with Crippen LogP contribution < -0.4 is 5.32 Å². The predicted molar refractivity (Wildman–Crippen MR) is 75.3 cm³/mol. The Morgan fingerprint density at radius 1 is 1.40 bits per heavy atom. The van der Waals surface area contributed by atoms with Crippen LogP contribution in [-0.4, -0.2) is 52.3 Å². The van der Waals surface area contributed by atoms with Crippen molar-refractivity contribution in [1.82, 2.24) is 10.2 Å². The van der Waals surface area contributed by atoms with Gasteiger partial charge in [0.25, 0.3) is 0 Å². The highest BCUT2D eigenvalue weighted by atomic mass is 16.6. The van der Waals surface area contributed by atoms with Crippen molar-refractivity contribution in [1.29, 1.82) is 0 Å². The third-order valence-electron chi connectivity index (χ3n) is 3.45. The Morgan fingerprint density at radius 3 is 2.45 bits per heavy atom. The van der Waals surface area contributed by atoms with Crippen molar-refractivity contribution in [2.24, 2.45) is 0 Å². The van der Waals surface area contributed by atoms with Crippen LogP contribution >= 0.6 is 0 Å². The molecule has 0 spiro atoms. The molecule has 1 heterocycles. The summed E-state index contributed by atoms with van der Waals surface area (Å²) >= 11 is 0. The third-order valence-corrected chi connectivity index (χ3v) is 3.45. The average molecular weight is 286 g/mol. The molecule has 0 aromatic rings. The topological polar surface area (TPSA) is 78.9 Å². The summed E-state index contributed by atoms with van der Waals surface area (Å²) in [4.78, 5) is 25.2. The number of carbonyl (C=O) groups excluding carboxylic acids is 2. The molecule has 20 heavy (non-hydrogen) atoms. The van der Waals surface area contributed by atoms with Crippen LogP contribution in [0.4, 0.5) is 4.79 Å². The number of likely N-dealkylation sites (tertiary alicyclic amines) is 1. The van der Waals surface area contributed by atoms with E-state index in [1.165, 1.54) is 0 Å². The van der Waals surface area contributed by atoms with E-state index in [1.807, 2.05) is 13.8 Å². The Morgan fingerprint density at radius 2 is 2.00 bits per heavy atom. The SMILES string of the molecule is CC(C)(C)OC(=O)NCCC(=O)N1CCC(O)C1(C)C. The van der Waals surface area contributed by atoms with Gasteiger partial charge in [0.05, 0.1) is 11.6 Å². The van der Waals surface area contributed by atoms with E-state index in [2.05, 4.69) is 5.32 Å². The van der Waals surface area contributed by atoms with E-state index in [0.29, 0.717) is 13.0 Å². The van der Waals surface area contributed by atoms with Crippen molar-refractivity contribution >= 4 is 12.0 Å². The van der Waals surface area contributed by atoms with Crippen LogP contribution in [0.3, 0.4) is 0 Å². The van der Waals surface area contributed by atoms with Crippen molar-refractivity contribution in [3.8, 4) is 0 Å². The van der Waals surface area contributed by atoms with E-state index in [9.17, 15) is 14.7 Å². The van der Waals surface area contributed by atoms with Crippen molar-refractivity contribution in [2.75, 3.05) is 13.1 Å². The summed E-state index contributed by atoms with van der Waals surface area (Å²) in [5, 5.41) is 12.4. The summed E-state index contributed by atoms with van der Waals surface area (Å²) in [6.07, 6.45) is -0.218. The van der Waals surface area contributed by atoms with Gasteiger partial charge < -0.3 is 20.1 Å². The lowest BCUT2D eigenvalue weighted by Gasteiger charge is -2.33. The number of hydrogen-bond acceptors (Lipinski definition) is 4. The molecule has 2 N–H and O–H groups in total. The Labute approximate surface area is 120 Å². The van der Waals surface area contributed by atoms with E-state index in [0.717, 1.165) is 0 Å². The summed E-state index contributed by atoms with van der Waals surface area (Å²) in [7, 11) is 0. The molecule has 0 aliphatic carbocycles. The lowest BCUT2D eigenvalue weighted by molar-refractivity contribution is -0.135. The largest absolute Gasteiger partial charge is 0.444 e. The first-order chi connectivity index (χ1) is 9.04. The zero-order chi connectivity index (χ0) is 15.6. The smallest absolute Gasteiger partial charge is 0.407 e. The molecule has 0 aromatic carbocycles. The number of ether oxygens (including phenoxy) is 1. The van der Waals surface area contributed by atoms with Crippen LogP contribution in [0.2, 0.25) is 0 Å². The number of amides is 2. The van der Waals surface area contributed by atoms with Gasteiger partial charge in [-0.05, 0) is 41.0 Å². The van der Waals surface area contributed by atoms with Crippen LogP contribution in [-0.2, 0) is 9.53 Å². The van der Waals surface area contributed by atoms with Crippen molar-refractivity contribution < 1.29 is 19.4 Å².